The second kappa shape index (κ2) is 30.4. The zero-order valence-corrected chi connectivity index (χ0v) is 50.1. The Labute approximate surface area is 535 Å². The van der Waals surface area contributed by atoms with Crippen LogP contribution in [0.4, 0.5) is 0 Å². The van der Waals surface area contributed by atoms with Gasteiger partial charge < -0.3 is 140 Å². The summed E-state index contributed by atoms with van der Waals surface area (Å²) >= 11 is 0. The quantitative estimate of drug-likeness (QED) is 0.0255. The maximum absolute atomic E-state index is 11.7. The molecule has 5 aromatic rings. The summed E-state index contributed by atoms with van der Waals surface area (Å²) < 4.78 is 51.4. The predicted octanol–water partition coefficient (Wildman–Crippen LogP) is -12.8. The Balaban J connectivity index is 0.681. The van der Waals surface area contributed by atoms with E-state index < -0.39 is 223 Å². The predicted molar refractivity (Wildman–Crippen MR) is 295 cm³/mol. The molecule has 0 bridgehead atoms. The Bertz CT molecular complexity index is 3010. The fourth-order valence-electron chi connectivity index (χ4n) is 12.8. The molecule has 6 aliphatic rings. The van der Waals surface area contributed by atoms with Crippen molar-refractivity contribution in [3.63, 3.8) is 0 Å². The third-order valence-corrected chi connectivity index (χ3v) is 18.0. The van der Waals surface area contributed by atoms with Gasteiger partial charge in [-0.3, -0.25) is 0 Å². The normalized spacial score (nSPS) is 41.2. The summed E-state index contributed by atoms with van der Waals surface area (Å²) in [7, 11) is 0. The van der Waals surface area contributed by atoms with Crippen molar-refractivity contribution >= 4 is 0 Å². The van der Waals surface area contributed by atoms with Gasteiger partial charge in [0.25, 0.3) is 0 Å². The number of aromatic nitrogens is 15. The van der Waals surface area contributed by atoms with Crippen molar-refractivity contribution in [3.05, 3.63) is 59.5 Å². The van der Waals surface area contributed by atoms with Crippen LogP contribution in [0.25, 0.3) is 0 Å². The minimum Gasteiger partial charge on any atom is -0.394 e. The first-order valence-corrected chi connectivity index (χ1v) is 30.6. The van der Waals surface area contributed by atoms with Gasteiger partial charge in [-0.15, -0.1) is 25.5 Å². The molecule has 0 aliphatic carbocycles. The summed E-state index contributed by atoms with van der Waals surface area (Å²) in [6.45, 7) is -4.31. The molecule has 0 radical (unpaired) electrons. The lowest BCUT2D eigenvalue weighted by Crippen LogP contribution is -2.59. The van der Waals surface area contributed by atoms with Crippen molar-refractivity contribution < 1.29 is 140 Å². The SMILES string of the molecule is OC[C@H]1O[C@@H](OCCCc2cn([C@H]3[C@H](O)[C@@H](O)[C@H](c4cn([C@H]5[C@H](O)[C@@H](O)[C@H](n6cc([C@@H]7O[C@H](CO)[C@@H](n8cc([C@@H]9O[C@H](CO)[C@@H](n%10cc(CCCO[C@@H]%11O[C@H](CO)[C@H](O)[C@H](O)[C@H]%11O)nn%10)[C@H](O)[C@H]9O)nn8)[C@H](O)[C@H]7O)nn6)O[C@@H]5CO)nn4)O[C@@H]3CO)nn2)[C@H](O)[C@@H](O)[C@H]1O. The zero-order valence-electron chi connectivity index (χ0n) is 50.1. The molecule has 11 rings (SSSR count). The van der Waals surface area contributed by atoms with Crippen molar-refractivity contribution in [2.45, 2.75) is 209 Å². The van der Waals surface area contributed by atoms with Gasteiger partial charge >= 0.3 is 0 Å². The fraction of sp³-hybridized carbons (Fsp3) is 0.808. The van der Waals surface area contributed by atoms with E-state index in [0.29, 0.717) is 11.4 Å². The summed E-state index contributed by atoms with van der Waals surface area (Å²) in [5.74, 6) is 0. The van der Waals surface area contributed by atoms with Gasteiger partial charge in [-0.25, -0.2) is 23.4 Å². The summed E-state index contributed by atoms with van der Waals surface area (Å²) in [4.78, 5) is 0. The molecule has 0 amide bonds. The topological polar surface area (TPSA) is 632 Å². The molecule has 6 fully saturated rings. The standard InChI is InChI=1S/C52H79N15O28/c68-12-23-29(63-7-18(53-58-63)3-1-5-88-51-45(86)39(80)33(74)27(16-72)94-51)35(76)41(82)47(90-23)20-9-65(60-55-20)31-25(14-70)92-49(43(84)37(31)78)22-11-67(62-57-22)50-44(85)38(79)32(26(15-71)93-50)66-10-21(56-61-66)48-42(83)36(77)30(24(13-69)91-48)64-8-19(54-59-64)4-2-6-89-52-46(87)40(81)34(75)28(17-73)95-52/h7-11,23-52,68-87H,1-6,12-17H2/t23-,24-,25-,26-,27-,28-,29-,30-,31-,32-,33+,34+,35+,36+,37+,38+,39+,40+,41-,42-,43-,44-,45-,46-,47+,48+,49+,50-,51-,52-/m1/s1. The van der Waals surface area contributed by atoms with Crippen molar-refractivity contribution in [1.29, 1.82) is 0 Å². The second-order valence-corrected chi connectivity index (χ2v) is 24.1. The van der Waals surface area contributed by atoms with E-state index in [0.717, 1.165) is 20.2 Å². The maximum Gasteiger partial charge on any atom is 0.186 e. The molecule has 30 atom stereocenters. The van der Waals surface area contributed by atoms with Crippen molar-refractivity contribution in [1.82, 2.24) is 75.0 Å². The Morgan fingerprint density at radius 3 is 0.968 bits per heavy atom. The number of aryl methyl sites for hydroxylation is 2. The molecule has 0 spiro atoms. The molecule has 43 heteroatoms. The van der Waals surface area contributed by atoms with Crippen LogP contribution in [0.1, 0.15) is 90.0 Å². The van der Waals surface area contributed by atoms with Crippen LogP contribution in [0.2, 0.25) is 0 Å². The monoisotopic (exact) mass is 1360 g/mol. The molecule has 6 aliphatic heterocycles. The largest absolute Gasteiger partial charge is 0.394 e. The van der Waals surface area contributed by atoms with Crippen LogP contribution in [0, 0.1) is 0 Å². The molecule has 6 saturated heterocycles. The van der Waals surface area contributed by atoms with Crippen molar-refractivity contribution in [3.8, 4) is 0 Å². The lowest BCUT2D eigenvalue weighted by atomic mass is 9.91. The molecule has 11 heterocycles. The first-order chi connectivity index (χ1) is 45.6. The number of ether oxygens (including phenoxy) is 8. The molecule has 95 heavy (non-hydrogen) atoms. The number of rotatable bonds is 24. The smallest absolute Gasteiger partial charge is 0.186 e. The van der Waals surface area contributed by atoms with Gasteiger partial charge in [0.2, 0.25) is 0 Å². The van der Waals surface area contributed by atoms with Gasteiger partial charge in [-0.2, -0.15) is 0 Å². The molecule has 0 saturated carbocycles. The van der Waals surface area contributed by atoms with Crippen molar-refractivity contribution in [2.75, 3.05) is 52.9 Å². The Kier molecular flexibility index (Phi) is 22.7. The highest BCUT2D eigenvalue weighted by Gasteiger charge is 2.54. The zero-order chi connectivity index (χ0) is 67.8. The summed E-state index contributed by atoms with van der Waals surface area (Å²) in [6, 6.07) is -5.16. The number of nitrogens with zero attached hydrogens (tertiary/aromatic N) is 15. The summed E-state index contributed by atoms with van der Waals surface area (Å²) in [6.07, 6.45) is -32.5. The van der Waals surface area contributed by atoms with Gasteiger partial charge in [-0.05, 0) is 25.7 Å². The fourth-order valence-corrected chi connectivity index (χ4v) is 12.8. The van der Waals surface area contributed by atoms with E-state index in [1.54, 1.807) is 0 Å². The average molecular weight is 1360 g/mol. The summed E-state index contributed by atoms with van der Waals surface area (Å²) in [5, 5.41) is 254. The third kappa shape index (κ3) is 14.0. The number of aliphatic hydroxyl groups excluding tert-OH is 20. The molecule has 5 aromatic heterocycles. The van der Waals surface area contributed by atoms with E-state index in [2.05, 4.69) is 51.6 Å². The van der Waals surface area contributed by atoms with E-state index in [4.69, 9.17) is 37.9 Å². The van der Waals surface area contributed by atoms with Gasteiger partial charge in [0.05, 0.1) is 82.8 Å². The van der Waals surface area contributed by atoms with Crippen LogP contribution in [-0.4, -0.2) is 365 Å². The lowest BCUT2D eigenvalue weighted by molar-refractivity contribution is -0.301. The van der Waals surface area contributed by atoms with E-state index >= 15 is 0 Å². The lowest BCUT2D eigenvalue weighted by Gasteiger charge is -2.42. The first-order valence-electron chi connectivity index (χ1n) is 30.6. The minimum atomic E-state index is -1.87. The van der Waals surface area contributed by atoms with Crippen LogP contribution < -0.4 is 0 Å². The van der Waals surface area contributed by atoms with Crippen LogP contribution in [-0.2, 0) is 50.7 Å². The van der Waals surface area contributed by atoms with Crippen molar-refractivity contribution in [2.24, 2.45) is 0 Å². The molecular weight excluding hydrogens is 1280 g/mol. The van der Waals surface area contributed by atoms with E-state index in [1.807, 2.05) is 0 Å². The number of hydrogen-bond acceptors (Lipinski definition) is 38. The third-order valence-electron chi connectivity index (χ3n) is 18.0. The molecule has 0 unspecified atom stereocenters. The van der Waals surface area contributed by atoms with E-state index in [1.165, 1.54) is 34.2 Å². The highest BCUT2D eigenvalue weighted by molar-refractivity contribution is 5.14. The van der Waals surface area contributed by atoms with Gasteiger partial charge in [0.1, 0.15) is 182 Å². The molecule has 43 nitrogen and oxygen atoms in total. The van der Waals surface area contributed by atoms with E-state index in [9.17, 15) is 102 Å². The number of hydrogen-bond donors (Lipinski definition) is 20. The molecule has 20 N–H and O–H groups in total. The van der Waals surface area contributed by atoms with Gasteiger partial charge in [0, 0.05) is 12.4 Å². The number of aliphatic hydroxyl groups is 20. The molecule has 530 valence electrons. The van der Waals surface area contributed by atoms with E-state index in [-0.39, 0.29) is 56.0 Å². The summed E-state index contributed by atoms with van der Waals surface area (Å²) in [5.41, 5.74) is 0.369. The van der Waals surface area contributed by atoms with Crippen LogP contribution in [0.3, 0.4) is 0 Å². The van der Waals surface area contributed by atoms with Gasteiger partial charge in [0.15, 0.2) is 18.8 Å². The highest BCUT2D eigenvalue weighted by atomic mass is 16.7. The highest BCUT2D eigenvalue weighted by Crippen LogP contribution is 2.43. The minimum absolute atomic E-state index is 0.0253. The van der Waals surface area contributed by atoms with Crippen LogP contribution in [0.5, 0.6) is 0 Å². The molecular formula is C52H79N15O28. The van der Waals surface area contributed by atoms with Crippen LogP contribution >= 0.6 is 0 Å². The maximum atomic E-state index is 11.7. The van der Waals surface area contributed by atoms with Crippen LogP contribution in [0.15, 0.2) is 31.0 Å². The first kappa shape index (κ1) is 70.9. The molecule has 0 aromatic carbocycles. The average Bonchev–Trinajstić information content (AvgIpc) is 1.74. The Morgan fingerprint density at radius 1 is 0.305 bits per heavy atom. The Hall–Kier alpha value is -5.42. The van der Waals surface area contributed by atoms with Gasteiger partial charge in [-0.1, -0.05) is 26.1 Å². The Morgan fingerprint density at radius 2 is 0.611 bits per heavy atom. The second-order valence-electron chi connectivity index (χ2n) is 24.1.